The Morgan fingerprint density at radius 2 is 1.61 bits per heavy atom. The van der Waals surface area contributed by atoms with E-state index in [1.807, 2.05) is 35.0 Å². The molecule has 0 radical (unpaired) electrons. The van der Waals surface area contributed by atoms with E-state index in [4.69, 9.17) is 0 Å². The molecule has 0 fully saturated rings. The second-order valence-corrected chi connectivity index (χ2v) is 9.53. The summed E-state index contributed by atoms with van der Waals surface area (Å²) in [5.41, 5.74) is 1.97. The predicted molar refractivity (Wildman–Crippen MR) is 121 cm³/mol. The van der Waals surface area contributed by atoms with Gasteiger partial charge in [0.15, 0.2) is 5.82 Å². The molecule has 0 aliphatic carbocycles. The molecule has 7 heteroatoms. The third-order valence-electron chi connectivity index (χ3n) is 5.08. The van der Waals surface area contributed by atoms with E-state index in [9.17, 15) is 4.39 Å². The molecule has 0 saturated heterocycles. The quantitative estimate of drug-likeness (QED) is 0.389. The third-order valence-corrected chi connectivity index (χ3v) is 6.00. The van der Waals surface area contributed by atoms with Gasteiger partial charge in [-0.15, -0.1) is 16.4 Å². The maximum Gasteiger partial charge on any atom is 0.174 e. The zero-order valence-electron chi connectivity index (χ0n) is 17.9. The van der Waals surface area contributed by atoms with Crippen LogP contribution < -0.4 is 0 Å². The van der Waals surface area contributed by atoms with Crippen LogP contribution in [0.1, 0.15) is 48.6 Å². The van der Waals surface area contributed by atoms with E-state index in [1.165, 1.54) is 22.6 Å². The molecule has 0 saturated carbocycles. The van der Waals surface area contributed by atoms with Crippen LogP contribution in [-0.4, -0.2) is 25.1 Å². The first-order chi connectivity index (χ1) is 14.9. The third kappa shape index (κ3) is 5.06. The molecule has 1 unspecified atom stereocenters. The molecule has 0 amide bonds. The summed E-state index contributed by atoms with van der Waals surface area (Å²) in [5, 5.41) is 14.9. The molecule has 4 aromatic rings. The highest BCUT2D eigenvalue weighted by atomic mass is 32.1. The Kier molecular flexibility index (Phi) is 6.25. The van der Waals surface area contributed by atoms with Gasteiger partial charge in [0.2, 0.25) is 0 Å². The molecule has 2 aromatic heterocycles. The van der Waals surface area contributed by atoms with E-state index in [2.05, 4.69) is 70.8 Å². The maximum atomic E-state index is 13.5. The van der Waals surface area contributed by atoms with Crippen LogP contribution in [0, 0.1) is 5.82 Å². The van der Waals surface area contributed by atoms with Gasteiger partial charge in [-0.3, -0.25) is 4.90 Å². The van der Waals surface area contributed by atoms with Crippen molar-refractivity contribution in [1.82, 2.24) is 25.1 Å². The Hall–Kier alpha value is -2.90. The van der Waals surface area contributed by atoms with Crippen molar-refractivity contribution >= 4 is 11.3 Å². The average molecular weight is 436 g/mol. The first kappa shape index (κ1) is 21.3. The van der Waals surface area contributed by atoms with Crippen molar-refractivity contribution in [3.05, 3.63) is 99.8 Å². The van der Waals surface area contributed by atoms with E-state index in [0.717, 1.165) is 11.4 Å². The zero-order chi connectivity index (χ0) is 21.8. The highest BCUT2D eigenvalue weighted by Crippen LogP contribution is 2.34. The van der Waals surface area contributed by atoms with Gasteiger partial charge in [-0.2, -0.15) is 0 Å². The summed E-state index contributed by atoms with van der Waals surface area (Å²) in [5.74, 6) is 0.567. The van der Waals surface area contributed by atoms with E-state index < -0.39 is 0 Å². The molecule has 0 bridgehead atoms. The van der Waals surface area contributed by atoms with Gasteiger partial charge in [0.25, 0.3) is 0 Å². The van der Waals surface area contributed by atoms with Crippen molar-refractivity contribution in [3.63, 3.8) is 0 Å². The van der Waals surface area contributed by atoms with Crippen LogP contribution in [0.2, 0.25) is 0 Å². The number of hydrogen-bond acceptors (Lipinski definition) is 5. The zero-order valence-corrected chi connectivity index (χ0v) is 18.8. The summed E-state index contributed by atoms with van der Waals surface area (Å²) in [7, 11) is 0. The Morgan fingerprint density at radius 3 is 2.23 bits per heavy atom. The lowest BCUT2D eigenvalue weighted by Crippen LogP contribution is -2.34. The number of rotatable bonds is 7. The lowest BCUT2D eigenvalue weighted by molar-refractivity contribution is 0.188. The largest absolute Gasteiger partial charge is 0.280 e. The monoisotopic (exact) mass is 435 g/mol. The smallest absolute Gasteiger partial charge is 0.174 e. The van der Waals surface area contributed by atoms with Gasteiger partial charge in [0.1, 0.15) is 11.9 Å². The summed E-state index contributed by atoms with van der Waals surface area (Å²) in [6.07, 6.45) is 0. The Balaban J connectivity index is 1.79. The fraction of sp³-hybridized carbons (Fsp3) is 0.292. The molecule has 2 heterocycles. The summed E-state index contributed by atoms with van der Waals surface area (Å²) in [6.45, 7) is 7.63. The van der Waals surface area contributed by atoms with Crippen LogP contribution >= 0.6 is 11.3 Å². The van der Waals surface area contributed by atoms with Crippen molar-refractivity contribution in [2.45, 2.75) is 45.4 Å². The van der Waals surface area contributed by atoms with Crippen LogP contribution in [0.5, 0.6) is 0 Å². The van der Waals surface area contributed by atoms with Gasteiger partial charge < -0.3 is 0 Å². The van der Waals surface area contributed by atoms with Gasteiger partial charge in [-0.1, -0.05) is 48.5 Å². The van der Waals surface area contributed by atoms with Crippen LogP contribution in [0.4, 0.5) is 4.39 Å². The topological polar surface area (TPSA) is 46.8 Å². The highest BCUT2D eigenvalue weighted by Gasteiger charge is 2.32. The highest BCUT2D eigenvalue weighted by molar-refractivity contribution is 7.10. The minimum atomic E-state index is -0.261. The van der Waals surface area contributed by atoms with Crippen molar-refractivity contribution in [3.8, 4) is 0 Å². The molecule has 0 aliphatic heterocycles. The molecule has 1 atom stereocenters. The van der Waals surface area contributed by atoms with Crippen LogP contribution in [0.15, 0.2) is 72.1 Å². The summed E-state index contributed by atoms with van der Waals surface area (Å²) in [4.78, 5) is 3.51. The second-order valence-electron chi connectivity index (χ2n) is 8.55. The minimum Gasteiger partial charge on any atom is -0.280 e. The van der Waals surface area contributed by atoms with E-state index in [1.54, 1.807) is 11.3 Å². The molecule has 2 aromatic carbocycles. The molecule has 160 valence electrons. The minimum absolute atomic E-state index is 0.139. The molecule has 31 heavy (non-hydrogen) atoms. The lowest BCUT2D eigenvalue weighted by atomic mass is 10.1. The molecular formula is C24H26FN5S. The number of thiophene rings is 1. The molecular weight excluding hydrogens is 409 g/mol. The Morgan fingerprint density at radius 1 is 0.935 bits per heavy atom. The Bertz CT molecular complexity index is 1090. The number of halogens is 1. The molecule has 4 rings (SSSR count). The Labute approximate surface area is 186 Å². The number of hydrogen-bond donors (Lipinski definition) is 0. The van der Waals surface area contributed by atoms with Gasteiger partial charge in [-0.25, -0.2) is 9.07 Å². The van der Waals surface area contributed by atoms with Crippen molar-refractivity contribution in [1.29, 1.82) is 0 Å². The fourth-order valence-corrected chi connectivity index (χ4v) is 4.50. The van der Waals surface area contributed by atoms with Crippen LogP contribution in [-0.2, 0) is 18.6 Å². The lowest BCUT2D eigenvalue weighted by Gasteiger charge is -2.32. The second kappa shape index (κ2) is 9.08. The SMILES string of the molecule is CC(C)(C)n1nnnc1C(c1cccs1)N(Cc1ccccc1)Cc1ccc(F)cc1. The fourth-order valence-electron chi connectivity index (χ4n) is 3.64. The van der Waals surface area contributed by atoms with Crippen molar-refractivity contribution < 1.29 is 4.39 Å². The van der Waals surface area contributed by atoms with Crippen LogP contribution in [0.25, 0.3) is 0 Å². The first-order valence-corrected chi connectivity index (χ1v) is 11.1. The number of nitrogens with zero attached hydrogens (tertiary/aromatic N) is 5. The first-order valence-electron chi connectivity index (χ1n) is 10.3. The summed E-state index contributed by atoms with van der Waals surface area (Å²) >= 11 is 1.69. The number of benzene rings is 2. The summed E-state index contributed by atoms with van der Waals surface area (Å²) < 4.78 is 15.4. The number of tetrazole rings is 1. The van der Waals surface area contributed by atoms with E-state index >= 15 is 0 Å². The predicted octanol–water partition coefficient (Wildman–Crippen LogP) is 5.42. The van der Waals surface area contributed by atoms with Crippen LogP contribution in [0.3, 0.4) is 0 Å². The van der Waals surface area contributed by atoms with Gasteiger partial charge in [0.05, 0.1) is 5.54 Å². The molecule has 0 spiro atoms. The molecule has 0 aliphatic rings. The van der Waals surface area contributed by atoms with Gasteiger partial charge >= 0.3 is 0 Å². The normalized spacial score (nSPS) is 12.9. The molecule has 0 N–H and O–H groups in total. The van der Waals surface area contributed by atoms with E-state index in [0.29, 0.717) is 13.1 Å². The number of aromatic nitrogens is 4. The van der Waals surface area contributed by atoms with Gasteiger partial charge in [0, 0.05) is 18.0 Å². The maximum absolute atomic E-state index is 13.5. The summed E-state index contributed by atoms with van der Waals surface area (Å²) in [6, 6.07) is 21.1. The average Bonchev–Trinajstić information content (AvgIpc) is 3.43. The van der Waals surface area contributed by atoms with E-state index in [-0.39, 0.29) is 17.4 Å². The standard InChI is InChI=1S/C24H26FN5S/c1-24(2,3)30-23(26-27-28-30)22(21-10-7-15-31-21)29(16-18-8-5-4-6-9-18)17-19-11-13-20(25)14-12-19/h4-15,22H,16-17H2,1-3H3. The van der Waals surface area contributed by atoms with Crippen molar-refractivity contribution in [2.75, 3.05) is 0 Å². The van der Waals surface area contributed by atoms with Gasteiger partial charge in [-0.05, 0) is 65.9 Å². The van der Waals surface area contributed by atoms with Crippen molar-refractivity contribution in [2.24, 2.45) is 0 Å². The molecule has 5 nitrogen and oxygen atoms in total.